The molecule has 2 rings (SSSR count). The van der Waals surface area contributed by atoms with Gasteiger partial charge >= 0.3 is 0 Å². The van der Waals surface area contributed by atoms with Crippen molar-refractivity contribution in [2.75, 3.05) is 26.1 Å². The summed E-state index contributed by atoms with van der Waals surface area (Å²) in [5.41, 5.74) is 8.25. The van der Waals surface area contributed by atoms with E-state index in [4.69, 9.17) is 19.9 Å². The highest BCUT2D eigenvalue weighted by atomic mass is 16.5. The molecule has 0 bridgehead atoms. The average molecular weight is 276 g/mol. The Morgan fingerprint density at radius 1 is 1.10 bits per heavy atom. The molecule has 0 fully saturated rings. The SMILES string of the molecule is CCOc1ccc(OCC)c2c(N)cc(COC)nc12. The molecule has 0 amide bonds. The van der Waals surface area contributed by atoms with Crippen molar-refractivity contribution in [3.05, 3.63) is 23.9 Å². The van der Waals surface area contributed by atoms with Crippen molar-refractivity contribution in [3.8, 4) is 11.5 Å². The Bertz CT molecular complexity index is 599. The zero-order chi connectivity index (χ0) is 14.5. The molecule has 5 nitrogen and oxygen atoms in total. The van der Waals surface area contributed by atoms with Crippen LogP contribution < -0.4 is 15.2 Å². The molecule has 0 saturated heterocycles. The number of nitrogens with zero attached hydrogens (tertiary/aromatic N) is 1. The van der Waals surface area contributed by atoms with Gasteiger partial charge in [-0.3, -0.25) is 0 Å². The molecule has 2 aromatic rings. The van der Waals surface area contributed by atoms with Crippen molar-refractivity contribution in [2.24, 2.45) is 0 Å². The molecule has 0 aliphatic rings. The largest absolute Gasteiger partial charge is 0.493 e. The number of methoxy groups -OCH3 is 1. The van der Waals surface area contributed by atoms with Crippen LogP contribution in [-0.4, -0.2) is 25.3 Å². The summed E-state index contributed by atoms with van der Waals surface area (Å²) in [4.78, 5) is 4.58. The third kappa shape index (κ3) is 2.77. The molecule has 20 heavy (non-hydrogen) atoms. The number of nitrogen functional groups attached to an aromatic ring is 1. The maximum Gasteiger partial charge on any atom is 0.145 e. The maximum atomic E-state index is 6.15. The molecule has 0 unspecified atom stereocenters. The van der Waals surface area contributed by atoms with E-state index in [1.54, 1.807) is 7.11 Å². The minimum atomic E-state index is 0.407. The van der Waals surface area contributed by atoms with E-state index >= 15 is 0 Å². The topological polar surface area (TPSA) is 66.6 Å². The summed E-state index contributed by atoms with van der Waals surface area (Å²) in [7, 11) is 1.63. The lowest BCUT2D eigenvalue weighted by molar-refractivity contribution is 0.182. The minimum absolute atomic E-state index is 0.407. The van der Waals surface area contributed by atoms with Crippen LogP contribution in [0.15, 0.2) is 18.2 Å². The molecule has 108 valence electrons. The Morgan fingerprint density at radius 3 is 2.40 bits per heavy atom. The number of ether oxygens (including phenoxy) is 3. The second-order valence-electron chi connectivity index (χ2n) is 4.29. The lowest BCUT2D eigenvalue weighted by Gasteiger charge is -2.14. The third-order valence-electron chi connectivity index (χ3n) is 2.86. The first-order valence-corrected chi connectivity index (χ1v) is 6.67. The number of benzene rings is 1. The van der Waals surface area contributed by atoms with Gasteiger partial charge < -0.3 is 19.9 Å². The van der Waals surface area contributed by atoms with E-state index in [1.807, 2.05) is 32.0 Å². The summed E-state index contributed by atoms with van der Waals surface area (Å²) in [6.45, 7) is 5.42. The Balaban J connectivity index is 2.67. The summed E-state index contributed by atoms with van der Waals surface area (Å²) in [5, 5.41) is 0.789. The number of fused-ring (bicyclic) bond motifs is 1. The van der Waals surface area contributed by atoms with Gasteiger partial charge in [-0.1, -0.05) is 0 Å². The average Bonchev–Trinajstić information content (AvgIpc) is 2.42. The molecular weight excluding hydrogens is 256 g/mol. The molecule has 1 heterocycles. The highest BCUT2D eigenvalue weighted by Gasteiger charge is 2.14. The van der Waals surface area contributed by atoms with Crippen LogP contribution in [0.4, 0.5) is 5.69 Å². The van der Waals surface area contributed by atoms with Crippen LogP contribution >= 0.6 is 0 Å². The van der Waals surface area contributed by atoms with Gasteiger partial charge in [-0.05, 0) is 32.0 Å². The van der Waals surface area contributed by atoms with Crippen LogP contribution in [0.3, 0.4) is 0 Å². The molecule has 0 spiro atoms. The first-order valence-electron chi connectivity index (χ1n) is 6.67. The van der Waals surface area contributed by atoms with Gasteiger partial charge in [0, 0.05) is 12.8 Å². The third-order valence-corrected chi connectivity index (χ3v) is 2.86. The van der Waals surface area contributed by atoms with Gasteiger partial charge in [0.1, 0.15) is 17.0 Å². The van der Waals surface area contributed by atoms with Crippen molar-refractivity contribution in [2.45, 2.75) is 20.5 Å². The van der Waals surface area contributed by atoms with E-state index in [2.05, 4.69) is 4.98 Å². The van der Waals surface area contributed by atoms with Gasteiger partial charge in [0.15, 0.2) is 0 Å². The lowest BCUT2D eigenvalue weighted by Crippen LogP contribution is -2.02. The number of hydrogen-bond acceptors (Lipinski definition) is 5. The predicted octanol–water partition coefficient (Wildman–Crippen LogP) is 2.76. The molecule has 0 saturated carbocycles. The van der Waals surface area contributed by atoms with E-state index in [9.17, 15) is 0 Å². The molecule has 0 atom stereocenters. The van der Waals surface area contributed by atoms with E-state index < -0.39 is 0 Å². The van der Waals surface area contributed by atoms with Crippen molar-refractivity contribution in [1.29, 1.82) is 0 Å². The molecule has 5 heteroatoms. The summed E-state index contributed by atoms with van der Waals surface area (Å²) in [6, 6.07) is 5.54. The first-order chi connectivity index (χ1) is 9.71. The van der Waals surface area contributed by atoms with Crippen LogP contribution in [0.2, 0.25) is 0 Å². The summed E-state index contributed by atoms with van der Waals surface area (Å²) >= 11 is 0. The Kier molecular flexibility index (Phi) is 4.63. The smallest absolute Gasteiger partial charge is 0.145 e. The van der Waals surface area contributed by atoms with Crippen LogP contribution in [0.5, 0.6) is 11.5 Å². The molecule has 1 aromatic carbocycles. The van der Waals surface area contributed by atoms with Crippen molar-refractivity contribution >= 4 is 16.6 Å². The van der Waals surface area contributed by atoms with Crippen molar-refractivity contribution in [1.82, 2.24) is 4.98 Å². The van der Waals surface area contributed by atoms with Crippen LogP contribution in [-0.2, 0) is 11.3 Å². The molecule has 0 aliphatic carbocycles. The summed E-state index contributed by atoms with van der Waals surface area (Å²) in [5.74, 6) is 1.43. The standard InChI is InChI=1S/C15H20N2O3/c1-4-19-12-6-7-13(20-5-2)15-14(12)11(16)8-10(17-15)9-18-3/h6-8H,4-5,9H2,1-3H3,(H2,16,17). The van der Waals surface area contributed by atoms with Crippen LogP contribution in [0.25, 0.3) is 10.9 Å². The number of nitrogens with two attached hydrogens (primary N) is 1. The molecule has 0 radical (unpaired) electrons. The summed E-state index contributed by atoms with van der Waals surface area (Å²) in [6.07, 6.45) is 0. The van der Waals surface area contributed by atoms with Gasteiger partial charge in [-0.25, -0.2) is 4.98 Å². The van der Waals surface area contributed by atoms with Gasteiger partial charge in [0.2, 0.25) is 0 Å². The van der Waals surface area contributed by atoms with Gasteiger partial charge in [0.25, 0.3) is 0 Å². The molecule has 0 aliphatic heterocycles. The highest BCUT2D eigenvalue weighted by molar-refractivity contribution is 5.99. The number of hydrogen-bond donors (Lipinski definition) is 1. The zero-order valence-corrected chi connectivity index (χ0v) is 12.1. The van der Waals surface area contributed by atoms with Gasteiger partial charge in [0.05, 0.1) is 30.9 Å². The fraction of sp³-hybridized carbons (Fsp3) is 0.400. The van der Waals surface area contributed by atoms with E-state index in [0.29, 0.717) is 36.8 Å². The second-order valence-corrected chi connectivity index (χ2v) is 4.29. The maximum absolute atomic E-state index is 6.15. The number of rotatable bonds is 6. The molecule has 1 aromatic heterocycles. The number of pyridine rings is 1. The lowest BCUT2D eigenvalue weighted by atomic mass is 10.1. The normalized spacial score (nSPS) is 10.8. The Labute approximate surface area is 118 Å². The van der Waals surface area contributed by atoms with E-state index in [-0.39, 0.29) is 0 Å². The zero-order valence-electron chi connectivity index (χ0n) is 12.1. The predicted molar refractivity (Wildman–Crippen MR) is 79.2 cm³/mol. The molecular formula is C15H20N2O3. The minimum Gasteiger partial charge on any atom is -0.493 e. The highest BCUT2D eigenvalue weighted by Crippen LogP contribution is 2.36. The van der Waals surface area contributed by atoms with E-state index in [1.165, 1.54) is 0 Å². The number of aromatic nitrogens is 1. The summed E-state index contributed by atoms with van der Waals surface area (Å²) < 4.78 is 16.4. The van der Waals surface area contributed by atoms with Gasteiger partial charge in [-0.2, -0.15) is 0 Å². The number of anilines is 1. The van der Waals surface area contributed by atoms with Crippen molar-refractivity contribution < 1.29 is 14.2 Å². The Hall–Kier alpha value is -2.01. The quantitative estimate of drug-likeness (QED) is 0.878. The fourth-order valence-electron chi connectivity index (χ4n) is 2.14. The Morgan fingerprint density at radius 2 is 1.75 bits per heavy atom. The molecule has 2 N–H and O–H groups in total. The monoisotopic (exact) mass is 276 g/mol. The van der Waals surface area contributed by atoms with Crippen LogP contribution in [0, 0.1) is 0 Å². The van der Waals surface area contributed by atoms with E-state index in [0.717, 1.165) is 16.8 Å². The second kappa shape index (κ2) is 6.43. The fourth-order valence-corrected chi connectivity index (χ4v) is 2.14. The van der Waals surface area contributed by atoms with Crippen LogP contribution in [0.1, 0.15) is 19.5 Å². The van der Waals surface area contributed by atoms with Crippen molar-refractivity contribution in [3.63, 3.8) is 0 Å². The van der Waals surface area contributed by atoms with Gasteiger partial charge in [-0.15, -0.1) is 0 Å². The first kappa shape index (κ1) is 14.4.